The van der Waals surface area contributed by atoms with E-state index in [-0.39, 0.29) is 6.10 Å². The van der Waals surface area contributed by atoms with Gasteiger partial charge in [-0.1, -0.05) is 17.7 Å². The molecular weight excluding hydrogens is 238 g/mol. The molecule has 2 aliphatic rings. The monoisotopic (exact) mass is 261 g/mol. The Morgan fingerprint density at radius 3 is 3.11 bits per heavy atom. The van der Waals surface area contributed by atoms with E-state index in [1.807, 2.05) is 6.92 Å². The minimum absolute atomic E-state index is 0.241. The van der Waals surface area contributed by atoms with Crippen LogP contribution in [0, 0.1) is 6.92 Å². The highest BCUT2D eigenvalue weighted by Gasteiger charge is 2.31. The van der Waals surface area contributed by atoms with Crippen LogP contribution in [0.3, 0.4) is 0 Å². The first-order chi connectivity index (χ1) is 9.02. The van der Waals surface area contributed by atoms with Crippen LogP contribution in [0.5, 0.6) is 5.75 Å². The summed E-state index contributed by atoms with van der Waals surface area (Å²) in [6.45, 7) is 6.82. The van der Waals surface area contributed by atoms with Crippen molar-refractivity contribution in [1.29, 1.82) is 0 Å². The van der Waals surface area contributed by atoms with Gasteiger partial charge < -0.3 is 9.84 Å². The van der Waals surface area contributed by atoms with Crippen molar-refractivity contribution in [1.82, 2.24) is 4.90 Å². The molecule has 2 unspecified atom stereocenters. The minimum atomic E-state index is -0.527. The number of benzene rings is 1. The van der Waals surface area contributed by atoms with Crippen LogP contribution in [-0.4, -0.2) is 41.3 Å². The van der Waals surface area contributed by atoms with Gasteiger partial charge in [-0.2, -0.15) is 0 Å². The Balaban J connectivity index is 1.61. The molecule has 2 aliphatic heterocycles. The summed E-state index contributed by atoms with van der Waals surface area (Å²) in [6, 6.07) is 6.41. The number of hydrogen-bond acceptors (Lipinski definition) is 3. The van der Waals surface area contributed by atoms with Gasteiger partial charge in [-0.05, 0) is 44.9 Å². The van der Waals surface area contributed by atoms with Gasteiger partial charge in [0.25, 0.3) is 0 Å². The highest BCUT2D eigenvalue weighted by Crippen LogP contribution is 2.30. The number of likely N-dealkylation sites (tertiary alicyclic amines) is 1. The molecule has 0 aromatic heterocycles. The molecule has 1 aromatic carbocycles. The molecule has 3 heteroatoms. The summed E-state index contributed by atoms with van der Waals surface area (Å²) in [5.74, 6) is 1.04. The summed E-state index contributed by atoms with van der Waals surface area (Å²) in [5.41, 5.74) is 2.10. The van der Waals surface area contributed by atoms with Crippen LogP contribution >= 0.6 is 0 Å². The van der Waals surface area contributed by atoms with Gasteiger partial charge in [0.15, 0.2) is 0 Å². The zero-order valence-corrected chi connectivity index (χ0v) is 11.9. The maximum absolute atomic E-state index is 10.1. The predicted molar refractivity (Wildman–Crippen MR) is 75.6 cm³/mol. The van der Waals surface area contributed by atoms with E-state index in [0.717, 1.165) is 44.6 Å². The summed E-state index contributed by atoms with van der Waals surface area (Å²) in [4.78, 5) is 2.34. The van der Waals surface area contributed by atoms with Crippen molar-refractivity contribution in [2.24, 2.45) is 0 Å². The summed E-state index contributed by atoms with van der Waals surface area (Å²) in [6.07, 6.45) is 3.22. The Morgan fingerprint density at radius 2 is 2.32 bits per heavy atom. The van der Waals surface area contributed by atoms with Crippen LogP contribution in [0.2, 0.25) is 0 Å². The second-order valence-electron chi connectivity index (χ2n) is 6.39. The zero-order chi connectivity index (χ0) is 13.5. The van der Waals surface area contributed by atoms with E-state index >= 15 is 0 Å². The van der Waals surface area contributed by atoms with Gasteiger partial charge in [0.1, 0.15) is 11.9 Å². The molecule has 0 bridgehead atoms. The lowest BCUT2D eigenvalue weighted by Crippen LogP contribution is -2.49. The third kappa shape index (κ3) is 2.93. The number of aryl methyl sites for hydroxylation is 1. The maximum atomic E-state index is 10.1. The van der Waals surface area contributed by atoms with Crippen LogP contribution in [0.4, 0.5) is 0 Å². The minimum Gasteiger partial charge on any atom is -0.488 e. The standard InChI is InChI=1S/C16H23NO2/c1-12-4-5-15-13(8-12)9-14(19-15)10-17-7-3-6-16(2,18)11-17/h4-5,8,14,18H,3,6-7,9-11H2,1-2H3. The van der Waals surface area contributed by atoms with E-state index in [1.165, 1.54) is 11.1 Å². The van der Waals surface area contributed by atoms with E-state index in [1.54, 1.807) is 0 Å². The third-order valence-electron chi connectivity index (χ3n) is 4.17. The van der Waals surface area contributed by atoms with E-state index in [9.17, 15) is 5.11 Å². The van der Waals surface area contributed by atoms with Crippen LogP contribution < -0.4 is 4.74 Å². The number of aliphatic hydroxyl groups is 1. The Labute approximate surface area is 115 Å². The van der Waals surface area contributed by atoms with Crippen molar-refractivity contribution >= 4 is 0 Å². The molecular formula is C16H23NO2. The SMILES string of the molecule is Cc1ccc2c(c1)CC(CN1CCCC(C)(O)C1)O2. The fourth-order valence-corrected chi connectivity index (χ4v) is 3.32. The largest absolute Gasteiger partial charge is 0.488 e. The summed E-state index contributed by atoms with van der Waals surface area (Å²) in [5, 5.41) is 10.1. The van der Waals surface area contributed by atoms with Crippen molar-refractivity contribution in [2.75, 3.05) is 19.6 Å². The second-order valence-corrected chi connectivity index (χ2v) is 6.39. The Hall–Kier alpha value is -1.06. The number of ether oxygens (including phenoxy) is 1. The van der Waals surface area contributed by atoms with E-state index in [0.29, 0.717) is 0 Å². The van der Waals surface area contributed by atoms with Crippen LogP contribution in [-0.2, 0) is 6.42 Å². The predicted octanol–water partition coefficient (Wildman–Crippen LogP) is 2.15. The molecule has 0 spiro atoms. The molecule has 0 saturated carbocycles. The van der Waals surface area contributed by atoms with Crippen LogP contribution in [0.25, 0.3) is 0 Å². The Morgan fingerprint density at radius 1 is 1.47 bits per heavy atom. The number of hydrogen-bond donors (Lipinski definition) is 1. The van der Waals surface area contributed by atoms with Crippen molar-refractivity contribution in [2.45, 2.75) is 44.8 Å². The van der Waals surface area contributed by atoms with Gasteiger partial charge >= 0.3 is 0 Å². The van der Waals surface area contributed by atoms with Gasteiger partial charge in [0.2, 0.25) is 0 Å². The van der Waals surface area contributed by atoms with Gasteiger partial charge in [-0.15, -0.1) is 0 Å². The van der Waals surface area contributed by atoms with Gasteiger partial charge in [0, 0.05) is 19.5 Å². The Kier molecular flexibility index (Phi) is 3.27. The highest BCUT2D eigenvalue weighted by molar-refractivity contribution is 5.40. The molecule has 3 nitrogen and oxygen atoms in total. The molecule has 1 fully saturated rings. The number of nitrogens with zero attached hydrogens (tertiary/aromatic N) is 1. The smallest absolute Gasteiger partial charge is 0.123 e. The first kappa shape index (κ1) is 12.9. The number of rotatable bonds is 2. The summed E-state index contributed by atoms with van der Waals surface area (Å²) in [7, 11) is 0. The maximum Gasteiger partial charge on any atom is 0.123 e. The average molecular weight is 261 g/mol. The zero-order valence-electron chi connectivity index (χ0n) is 11.9. The van der Waals surface area contributed by atoms with Crippen molar-refractivity contribution in [3.8, 4) is 5.75 Å². The number of fused-ring (bicyclic) bond motifs is 1. The molecule has 1 N–H and O–H groups in total. The first-order valence-corrected chi connectivity index (χ1v) is 7.23. The molecule has 1 saturated heterocycles. The van der Waals surface area contributed by atoms with Gasteiger partial charge in [-0.3, -0.25) is 4.90 Å². The topological polar surface area (TPSA) is 32.7 Å². The Bertz CT molecular complexity index is 470. The summed E-state index contributed by atoms with van der Waals surface area (Å²) >= 11 is 0. The lowest BCUT2D eigenvalue weighted by molar-refractivity contribution is -0.0239. The van der Waals surface area contributed by atoms with E-state index in [2.05, 4.69) is 30.0 Å². The lowest BCUT2D eigenvalue weighted by atomic mass is 9.95. The molecule has 1 aromatic rings. The molecule has 0 aliphatic carbocycles. The number of β-amino-alcohol motifs (C(OH)–C–C–N with tert-alkyl or cyclic N) is 1. The quantitative estimate of drug-likeness (QED) is 0.885. The van der Waals surface area contributed by atoms with Crippen LogP contribution in [0.15, 0.2) is 18.2 Å². The van der Waals surface area contributed by atoms with E-state index in [4.69, 9.17) is 4.74 Å². The summed E-state index contributed by atoms with van der Waals surface area (Å²) < 4.78 is 6.01. The molecule has 2 heterocycles. The first-order valence-electron chi connectivity index (χ1n) is 7.23. The molecule has 2 atom stereocenters. The van der Waals surface area contributed by atoms with Crippen molar-refractivity contribution in [3.63, 3.8) is 0 Å². The molecule has 3 rings (SSSR count). The lowest BCUT2D eigenvalue weighted by Gasteiger charge is -2.37. The number of piperidine rings is 1. The van der Waals surface area contributed by atoms with Gasteiger partial charge in [-0.25, -0.2) is 0 Å². The van der Waals surface area contributed by atoms with E-state index < -0.39 is 5.60 Å². The fourth-order valence-electron chi connectivity index (χ4n) is 3.32. The fraction of sp³-hybridized carbons (Fsp3) is 0.625. The average Bonchev–Trinajstić information content (AvgIpc) is 2.68. The molecule has 19 heavy (non-hydrogen) atoms. The van der Waals surface area contributed by atoms with Crippen LogP contribution in [0.1, 0.15) is 30.9 Å². The van der Waals surface area contributed by atoms with Crippen molar-refractivity contribution in [3.05, 3.63) is 29.3 Å². The molecule has 0 amide bonds. The van der Waals surface area contributed by atoms with Crippen molar-refractivity contribution < 1.29 is 9.84 Å². The normalized spacial score (nSPS) is 31.0. The highest BCUT2D eigenvalue weighted by atomic mass is 16.5. The molecule has 104 valence electrons. The van der Waals surface area contributed by atoms with Gasteiger partial charge in [0.05, 0.1) is 5.60 Å². The second kappa shape index (κ2) is 4.80. The molecule has 0 radical (unpaired) electrons. The third-order valence-corrected chi connectivity index (χ3v) is 4.17.